The van der Waals surface area contributed by atoms with Gasteiger partial charge in [0.05, 0.1) is 12.5 Å². The van der Waals surface area contributed by atoms with Gasteiger partial charge >= 0.3 is 0 Å². The minimum absolute atomic E-state index is 0.316. The van der Waals surface area contributed by atoms with Crippen molar-refractivity contribution in [1.29, 1.82) is 0 Å². The summed E-state index contributed by atoms with van der Waals surface area (Å²) in [6, 6.07) is 2.38. The van der Waals surface area contributed by atoms with Gasteiger partial charge in [-0.3, -0.25) is 0 Å². The number of rotatable bonds is 3. The normalized spacial score (nSPS) is 21.1. The smallest absolute Gasteiger partial charge is 0.160 e. The second-order valence-electron chi connectivity index (χ2n) is 5.25. The van der Waals surface area contributed by atoms with Crippen LogP contribution in [0.2, 0.25) is 0 Å². The zero-order valence-electron chi connectivity index (χ0n) is 11.3. The molecule has 1 fully saturated rings. The van der Waals surface area contributed by atoms with Crippen molar-refractivity contribution in [2.24, 2.45) is 5.92 Å². The summed E-state index contributed by atoms with van der Waals surface area (Å²) >= 11 is 6.05. The number of aryl methyl sites for hydroxylation is 1. The van der Waals surface area contributed by atoms with E-state index in [2.05, 4.69) is 27.5 Å². The molecule has 0 spiro atoms. The van der Waals surface area contributed by atoms with Crippen molar-refractivity contribution in [1.82, 2.24) is 14.5 Å². The molecule has 0 bridgehead atoms. The van der Waals surface area contributed by atoms with E-state index in [1.54, 1.807) is 0 Å². The minimum Gasteiger partial charge on any atom is -0.381 e. The van der Waals surface area contributed by atoms with Crippen LogP contribution in [-0.4, -0.2) is 27.7 Å². The van der Waals surface area contributed by atoms with Crippen molar-refractivity contribution < 1.29 is 4.74 Å². The summed E-state index contributed by atoms with van der Waals surface area (Å²) in [4.78, 5) is 9.15. The fraction of sp³-hybridized carbons (Fsp3) is 0.571. The van der Waals surface area contributed by atoms with Crippen LogP contribution in [0, 0.1) is 12.8 Å². The maximum atomic E-state index is 6.05. The molecule has 3 rings (SSSR count). The first-order chi connectivity index (χ1) is 9.20. The molecule has 4 nitrogen and oxygen atoms in total. The van der Waals surface area contributed by atoms with Gasteiger partial charge in [0, 0.05) is 24.8 Å². The zero-order chi connectivity index (χ0) is 13.4. The lowest BCUT2D eigenvalue weighted by atomic mass is 10.0. The van der Waals surface area contributed by atoms with Crippen molar-refractivity contribution in [3.63, 3.8) is 0 Å². The van der Waals surface area contributed by atoms with E-state index in [1.165, 1.54) is 0 Å². The topological polar surface area (TPSA) is 39.9 Å². The van der Waals surface area contributed by atoms with Crippen LogP contribution in [0.15, 0.2) is 12.3 Å². The van der Waals surface area contributed by atoms with Gasteiger partial charge in [-0.25, -0.2) is 9.97 Å². The number of imidazole rings is 1. The number of hydrogen-bond donors (Lipinski definition) is 0. The van der Waals surface area contributed by atoms with Crippen LogP contribution in [0.1, 0.15) is 30.8 Å². The Labute approximate surface area is 117 Å². The van der Waals surface area contributed by atoms with Gasteiger partial charge in [0.25, 0.3) is 0 Å². The molecular weight excluding hydrogens is 262 g/mol. The van der Waals surface area contributed by atoms with Crippen molar-refractivity contribution >= 4 is 22.8 Å². The third-order valence-corrected chi connectivity index (χ3v) is 4.15. The van der Waals surface area contributed by atoms with Crippen LogP contribution < -0.4 is 0 Å². The molecule has 2 aromatic heterocycles. The molecule has 102 valence electrons. The quantitative estimate of drug-likeness (QED) is 0.811. The van der Waals surface area contributed by atoms with Gasteiger partial charge in [0.15, 0.2) is 5.65 Å². The molecule has 0 saturated carbocycles. The van der Waals surface area contributed by atoms with E-state index in [9.17, 15) is 0 Å². The Bertz CT molecular complexity index is 590. The van der Waals surface area contributed by atoms with E-state index in [0.717, 1.165) is 42.2 Å². The molecule has 0 N–H and O–H groups in total. The summed E-state index contributed by atoms with van der Waals surface area (Å²) in [6.45, 7) is 5.90. The highest BCUT2D eigenvalue weighted by Crippen LogP contribution is 2.30. The lowest BCUT2D eigenvalue weighted by Gasteiger charge is -2.21. The van der Waals surface area contributed by atoms with E-state index in [4.69, 9.17) is 16.3 Å². The largest absolute Gasteiger partial charge is 0.381 e. The average molecular weight is 280 g/mol. The SMILES string of the molecule is Cc1cnc2c(c1)nc(CCl)n2C(C)C1CCOC1. The molecule has 1 aliphatic rings. The maximum absolute atomic E-state index is 6.05. The van der Waals surface area contributed by atoms with E-state index in [-0.39, 0.29) is 0 Å². The molecule has 3 heterocycles. The first kappa shape index (κ1) is 12.9. The van der Waals surface area contributed by atoms with Crippen molar-refractivity contribution in [3.05, 3.63) is 23.7 Å². The summed E-state index contributed by atoms with van der Waals surface area (Å²) in [6.07, 6.45) is 2.98. The summed E-state index contributed by atoms with van der Waals surface area (Å²) in [5, 5.41) is 0. The third-order valence-electron chi connectivity index (χ3n) is 3.91. The second kappa shape index (κ2) is 5.10. The Balaban J connectivity index is 2.09. The minimum atomic E-state index is 0.316. The van der Waals surface area contributed by atoms with Gasteiger partial charge in [-0.1, -0.05) is 0 Å². The van der Waals surface area contributed by atoms with Crippen LogP contribution in [0.4, 0.5) is 0 Å². The maximum Gasteiger partial charge on any atom is 0.160 e. The highest BCUT2D eigenvalue weighted by Gasteiger charge is 2.27. The average Bonchev–Trinajstić information content (AvgIpc) is 3.04. The summed E-state index contributed by atoms with van der Waals surface area (Å²) in [5.74, 6) is 1.82. The summed E-state index contributed by atoms with van der Waals surface area (Å²) in [5.41, 5.74) is 2.98. The first-order valence-electron chi connectivity index (χ1n) is 6.68. The van der Waals surface area contributed by atoms with E-state index >= 15 is 0 Å². The Morgan fingerprint density at radius 1 is 1.58 bits per heavy atom. The second-order valence-corrected chi connectivity index (χ2v) is 5.52. The van der Waals surface area contributed by atoms with Crippen molar-refractivity contribution in [2.45, 2.75) is 32.2 Å². The molecular formula is C14H18ClN3O. The molecule has 2 atom stereocenters. The summed E-state index contributed by atoms with van der Waals surface area (Å²) < 4.78 is 7.68. The monoisotopic (exact) mass is 279 g/mol. The first-order valence-corrected chi connectivity index (χ1v) is 7.21. The van der Waals surface area contributed by atoms with E-state index < -0.39 is 0 Å². The Morgan fingerprint density at radius 2 is 2.42 bits per heavy atom. The molecule has 2 unspecified atom stereocenters. The standard InChI is InChI=1S/C14H18ClN3O/c1-9-5-12-14(16-7-9)18(13(6-15)17-12)10(2)11-3-4-19-8-11/h5,7,10-11H,3-4,6,8H2,1-2H3. The number of halogens is 1. The molecule has 1 saturated heterocycles. The molecule has 0 amide bonds. The van der Waals surface area contributed by atoms with Gasteiger partial charge in [0.2, 0.25) is 0 Å². The molecule has 0 aromatic carbocycles. The predicted octanol–water partition coefficient (Wildman–Crippen LogP) is 3.08. The molecule has 0 aliphatic carbocycles. The van der Waals surface area contributed by atoms with Crippen LogP contribution in [0.25, 0.3) is 11.2 Å². The number of aromatic nitrogens is 3. The lowest BCUT2D eigenvalue weighted by molar-refractivity contribution is 0.175. The fourth-order valence-corrected chi connectivity index (χ4v) is 2.98. The fourth-order valence-electron chi connectivity index (χ4n) is 2.80. The lowest BCUT2D eigenvalue weighted by Crippen LogP contribution is -2.19. The molecule has 0 radical (unpaired) electrons. The Hall–Kier alpha value is -1.13. The van der Waals surface area contributed by atoms with Crippen LogP contribution in [0.5, 0.6) is 0 Å². The third kappa shape index (κ3) is 2.23. The van der Waals surface area contributed by atoms with Crippen LogP contribution in [-0.2, 0) is 10.6 Å². The number of pyridine rings is 1. The molecule has 2 aromatic rings. The van der Waals surface area contributed by atoms with Crippen LogP contribution in [0.3, 0.4) is 0 Å². The highest BCUT2D eigenvalue weighted by molar-refractivity contribution is 6.16. The highest BCUT2D eigenvalue weighted by atomic mass is 35.5. The van der Waals surface area contributed by atoms with Gasteiger partial charge < -0.3 is 9.30 Å². The van der Waals surface area contributed by atoms with Crippen molar-refractivity contribution in [2.75, 3.05) is 13.2 Å². The van der Waals surface area contributed by atoms with E-state index in [1.807, 2.05) is 13.1 Å². The summed E-state index contributed by atoms with van der Waals surface area (Å²) in [7, 11) is 0. The Morgan fingerprint density at radius 3 is 3.11 bits per heavy atom. The Kier molecular flexibility index (Phi) is 3.46. The predicted molar refractivity (Wildman–Crippen MR) is 75.5 cm³/mol. The van der Waals surface area contributed by atoms with Crippen molar-refractivity contribution in [3.8, 4) is 0 Å². The van der Waals surface area contributed by atoms with E-state index in [0.29, 0.717) is 17.8 Å². The van der Waals surface area contributed by atoms with Crippen LogP contribution >= 0.6 is 11.6 Å². The number of nitrogens with zero attached hydrogens (tertiary/aromatic N) is 3. The van der Waals surface area contributed by atoms with Gasteiger partial charge in [-0.2, -0.15) is 0 Å². The molecule has 1 aliphatic heterocycles. The van der Waals surface area contributed by atoms with Gasteiger partial charge in [-0.15, -0.1) is 11.6 Å². The molecule has 19 heavy (non-hydrogen) atoms. The number of ether oxygens (including phenoxy) is 1. The zero-order valence-corrected chi connectivity index (χ0v) is 12.0. The number of alkyl halides is 1. The number of fused-ring (bicyclic) bond motifs is 1. The van der Waals surface area contributed by atoms with Gasteiger partial charge in [-0.05, 0) is 31.9 Å². The number of hydrogen-bond acceptors (Lipinski definition) is 3. The van der Waals surface area contributed by atoms with Gasteiger partial charge in [0.1, 0.15) is 11.3 Å². The molecule has 5 heteroatoms.